The standard InChI is InChI=1S/C23H24N6O2/c30-21(10-9-19-25-22(31)27-26-19)28-14-11-23(12-15-28,17-6-2-1-3-7-17)18-16-29-13-5-4-8-20(29)24-18/h1-8,13,16H,9-12,14-15H2,(H2,25,26,27,31). The fourth-order valence-electron chi connectivity index (χ4n) is 4.56. The number of nitrogens with one attached hydrogen (secondary N) is 2. The van der Waals surface area contributed by atoms with Crippen LogP contribution in [0.25, 0.3) is 5.65 Å². The van der Waals surface area contributed by atoms with Gasteiger partial charge in [-0.1, -0.05) is 36.4 Å². The number of carbonyl (C=O) groups excluding carboxylic acids is 1. The number of nitrogens with zero attached hydrogens (tertiary/aromatic N) is 4. The van der Waals surface area contributed by atoms with Crippen molar-refractivity contribution in [1.29, 1.82) is 0 Å². The Bertz CT molecular complexity index is 1210. The quantitative estimate of drug-likeness (QED) is 0.521. The van der Waals surface area contributed by atoms with Crippen LogP contribution in [0.1, 0.15) is 36.3 Å². The Morgan fingerprint density at radius 3 is 2.55 bits per heavy atom. The van der Waals surface area contributed by atoms with Gasteiger partial charge < -0.3 is 9.30 Å². The molecule has 4 heterocycles. The van der Waals surface area contributed by atoms with Gasteiger partial charge in [-0.3, -0.25) is 9.78 Å². The van der Waals surface area contributed by atoms with Gasteiger partial charge in [0.25, 0.3) is 0 Å². The maximum atomic E-state index is 12.8. The molecule has 1 aliphatic rings. The van der Waals surface area contributed by atoms with Crippen LogP contribution in [0, 0.1) is 0 Å². The summed E-state index contributed by atoms with van der Waals surface area (Å²) in [4.78, 5) is 33.4. The number of likely N-dealkylation sites (tertiary alicyclic amines) is 1. The average Bonchev–Trinajstić information content (AvgIpc) is 3.44. The Balaban J connectivity index is 1.37. The lowest BCUT2D eigenvalue weighted by atomic mass is 9.70. The van der Waals surface area contributed by atoms with Crippen LogP contribution in [0.5, 0.6) is 0 Å². The second-order valence-electron chi connectivity index (χ2n) is 8.05. The van der Waals surface area contributed by atoms with Crippen molar-refractivity contribution in [3.8, 4) is 0 Å². The molecular weight excluding hydrogens is 392 g/mol. The number of imidazole rings is 1. The predicted molar refractivity (Wildman–Crippen MR) is 116 cm³/mol. The summed E-state index contributed by atoms with van der Waals surface area (Å²) in [5.41, 5.74) is 2.64. The van der Waals surface area contributed by atoms with Crippen molar-refractivity contribution in [2.75, 3.05) is 13.1 Å². The van der Waals surface area contributed by atoms with Crippen molar-refractivity contribution in [3.05, 3.63) is 88.5 Å². The van der Waals surface area contributed by atoms with Crippen LogP contribution >= 0.6 is 0 Å². The van der Waals surface area contributed by atoms with Crippen LogP contribution < -0.4 is 5.69 Å². The monoisotopic (exact) mass is 416 g/mol. The third-order valence-electron chi connectivity index (χ3n) is 6.28. The molecule has 2 N–H and O–H groups in total. The average molecular weight is 416 g/mol. The molecule has 0 unspecified atom stereocenters. The van der Waals surface area contributed by atoms with Crippen LogP contribution in [0.15, 0.2) is 65.7 Å². The Morgan fingerprint density at radius 2 is 1.84 bits per heavy atom. The summed E-state index contributed by atoms with van der Waals surface area (Å²) in [6.07, 6.45) is 6.51. The number of H-pyrrole nitrogens is 2. The van der Waals surface area contributed by atoms with Gasteiger partial charge in [0, 0.05) is 43.7 Å². The number of carbonyl (C=O) groups is 1. The molecule has 158 valence electrons. The second-order valence-corrected chi connectivity index (χ2v) is 8.05. The first-order valence-electron chi connectivity index (χ1n) is 10.6. The number of aryl methyl sites for hydroxylation is 1. The van der Waals surface area contributed by atoms with Crippen molar-refractivity contribution < 1.29 is 4.79 Å². The van der Waals surface area contributed by atoms with Gasteiger partial charge >= 0.3 is 5.69 Å². The molecule has 1 aromatic carbocycles. The summed E-state index contributed by atoms with van der Waals surface area (Å²) in [5.74, 6) is 0.596. The fourth-order valence-corrected chi connectivity index (χ4v) is 4.56. The highest BCUT2D eigenvalue weighted by Gasteiger charge is 2.40. The van der Waals surface area contributed by atoms with E-state index in [0.717, 1.165) is 24.2 Å². The molecule has 3 aromatic heterocycles. The Kier molecular flexibility index (Phi) is 4.89. The van der Waals surface area contributed by atoms with E-state index in [1.54, 1.807) is 0 Å². The van der Waals surface area contributed by atoms with Crippen LogP contribution in [0.4, 0.5) is 0 Å². The molecule has 0 saturated carbocycles. The molecular formula is C23H24N6O2. The van der Waals surface area contributed by atoms with Crippen molar-refractivity contribution >= 4 is 11.6 Å². The minimum absolute atomic E-state index is 0.0838. The summed E-state index contributed by atoms with van der Waals surface area (Å²) >= 11 is 0. The van der Waals surface area contributed by atoms with Gasteiger partial charge in [-0.05, 0) is 30.5 Å². The largest absolute Gasteiger partial charge is 0.343 e. The zero-order valence-electron chi connectivity index (χ0n) is 17.1. The Morgan fingerprint density at radius 1 is 1.06 bits per heavy atom. The topological polar surface area (TPSA) is 99.1 Å². The SMILES string of the molecule is O=C(CCc1n[nH]c(=O)[nH]1)N1CCC(c2ccccc2)(c2cn3ccccc3n2)CC1. The lowest BCUT2D eigenvalue weighted by Crippen LogP contribution is -2.46. The predicted octanol–water partition coefficient (Wildman–Crippen LogP) is 2.29. The minimum atomic E-state index is -0.347. The highest BCUT2D eigenvalue weighted by molar-refractivity contribution is 5.76. The number of hydrogen-bond acceptors (Lipinski definition) is 4. The lowest BCUT2D eigenvalue weighted by Gasteiger charge is -2.41. The van der Waals surface area contributed by atoms with Crippen LogP contribution in [-0.4, -0.2) is 48.5 Å². The van der Waals surface area contributed by atoms with Gasteiger partial charge in [0.2, 0.25) is 5.91 Å². The highest BCUT2D eigenvalue weighted by Crippen LogP contribution is 2.41. The number of fused-ring (bicyclic) bond motifs is 1. The van der Waals surface area contributed by atoms with Gasteiger partial charge in [-0.15, -0.1) is 0 Å². The molecule has 8 nitrogen and oxygen atoms in total. The van der Waals surface area contributed by atoms with E-state index in [4.69, 9.17) is 4.98 Å². The summed E-state index contributed by atoms with van der Waals surface area (Å²) in [5, 5.41) is 6.22. The zero-order chi connectivity index (χ0) is 21.3. The number of hydrogen-bond donors (Lipinski definition) is 2. The first kappa shape index (κ1) is 19.3. The Hall–Kier alpha value is -3.68. The molecule has 4 aromatic rings. The van der Waals surface area contributed by atoms with Crippen molar-refractivity contribution in [1.82, 2.24) is 29.5 Å². The lowest BCUT2D eigenvalue weighted by molar-refractivity contribution is -0.132. The van der Waals surface area contributed by atoms with Crippen LogP contribution in [0.3, 0.4) is 0 Å². The molecule has 0 bridgehead atoms. The van der Waals surface area contributed by atoms with Crippen molar-refractivity contribution in [2.24, 2.45) is 0 Å². The van der Waals surface area contributed by atoms with E-state index in [-0.39, 0.29) is 17.0 Å². The minimum Gasteiger partial charge on any atom is -0.343 e. The summed E-state index contributed by atoms with van der Waals surface area (Å²) in [6.45, 7) is 1.33. The van der Waals surface area contributed by atoms with Gasteiger partial charge in [0.1, 0.15) is 11.5 Å². The molecule has 1 amide bonds. The molecule has 31 heavy (non-hydrogen) atoms. The maximum absolute atomic E-state index is 12.8. The third kappa shape index (κ3) is 3.65. The van der Waals surface area contributed by atoms with Crippen molar-refractivity contribution in [3.63, 3.8) is 0 Å². The van der Waals surface area contributed by atoms with Gasteiger partial charge in [-0.25, -0.2) is 14.9 Å². The second kappa shape index (κ2) is 7.86. The normalized spacial score (nSPS) is 15.9. The summed E-state index contributed by atoms with van der Waals surface area (Å²) in [6, 6.07) is 16.5. The fraction of sp³-hybridized carbons (Fsp3) is 0.304. The number of aromatic amines is 2. The number of rotatable bonds is 5. The van der Waals surface area contributed by atoms with Crippen LogP contribution in [0.2, 0.25) is 0 Å². The molecule has 5 rings (SSSR count). The van der Waals surface area contributed by atoms with Crippen LogP contribution in [-0.2, 0) is 16.6 Å². The molecule has 1 fully saturated rings. The number of amides is 1. The number of piperidine rings is 1. The van der Waals surface area contributed by atoms with E-state index in [1.165, 1.54) is 5.56 Å². The van der Waals surface area contributed by atoms with E-state index in [0.29, 0.717) is 31.8 Å². The summed E-state index contributed by atoms with van der Waals surface area (Å²) in [7, 11) is 0. The number of benzene rings is 1. The first-order valence-corrected chi connectivity index (χ1v) is 10.6. The van der Waals surface area contributed by atoms with E-state index < -0.39 is 0 Å². The van der Waals surface area contributed by atoms with E-state index in [9.17, 15) is 9.59 Å². The zero-order valence-corrected chi connectivity index (χ0v) is 17.1. The molecule has 0 radical (unpaired) electrons. The van der Waals surface area contributed by atoms with E-state index in [2.05, 4.69) is 50.0 Å². The van der Waals surface area contributed by atoms with Gasteiger partial charge in [0.15, 0.2) is 0 Å². The smallest absolute Gasteiger partial charge is 0.340 e. The van der Waals surface area contributed by atoms with Crippen molar-refractivity contribution in [2.45, 2.75) is 31.1 Å². The molecule has 0 spiro atoms. The molecule has 0 aliphatic carbocycles. The Labute approximate surface area is 178 Å². The van der Waals surface area contributed by atoms with E-state index >= 15 is 0 Å². The first-order chi connectivity index (χ1) is 15.1. The highest BCUT2D eigenvalue weighted by atomic mass is 16.2. The summed E-state index contributed by atoms with van der Waals surface area (Å²) < 4.78 is 2.06. The van der Waals surface area contributed by atoms with Gasteiger partial charge in [-0.2, -0.15) is 5.10 Å². The number of pyridine rings is 1. The number of aromatic nitrogens is 5. The molecule has 0 atom stereocenters. The van der Waals surface area contributed by atoms with Gasteiger partial charge in [0.05, 0.1) is 5.69 Å². The molecule has 1 saturated heterocycles. The van der Waals surface area contributed by atoms with E-state index in [1.807, 2.05) is 35.4 Å². The third-order valence-corrected chi connectivity index (χ3v) is 6.28. The molecule has 1 aliphatic heterocycles. The maximum Gasteiger partial charge on any atom is 0.340 e. The molecule has 8 heteroatoms.